The van der Waals surface area contributed by atoms with Gasteiger partial charge in [-0.1, -0.05) is 35.9 Å². The number of carbonyl (C=O) groups is 1. The molecule has 4 nitrogen and oxygen atoms in total. The predicted molar refractivity (Wildman–Crippen MR) is 113 cm³/mol. The van der Waals surface area contributed by atoms with Crippen molar-refractivity contribution in [2.75, 3.05) is 18.0 Å². The molecular formula is C23H18ClF3N2O2. The maximum Gasteiger partial charge on any atom is 0.417 e. The Morgan fingerprint density at radius 2 is 1.94 bits per heavy atom. The van der Waals surface area contributed by atoms with Gasteiger partial charge in [-0.3, -0.25) is 4.79 Å². The highest BCUT2D eigenvalue weighted by Gasteiger charge is 2.31. The number of rotatable bonds is 5. The summed E-state index contributed by atoms with van der Waals surface area (Å²) in [5.74, 6) is 0.143. The normalized spacial score (nSPS) is 16.4. The Kier molecular flexibility index (Phi) is 5.87. The lowest BCUT2D eigenvalue weighted by atomic mass is 10.0. The minimum Gasteiger partial charge on any atom is -0.472 e. The first-order valence-electron chi connectivity index (χ1n) is 9.64. The molecule has 4 rings (SSSR count). The zero-order chi connectivity index (χ0) is 22.0. The molecule has 0 spiro atoms. The Morgan fingerprint density at radius 1 is 1.13 bits per heavy atom. The maximum atomic E-state index is 12.7. The summed E-state index contributed by atoms with van der Waals surface area (Å²) in [7, 11) is 0. The molecule has 160 valence electrons. The topological polar surface area (TPSA) is 42.4 Å². The van der Waals surface area contributed by atoms with Crippen LogP contribution in [0.3, 0.4) is 0 Å². The number of hydrogen-bond donors (Lipinski definition) is 0. The molecule has 0 saturated carbocycles. The van der Waals surface area contributed by atoms with Crippen molar-refractivity contribution in [3.63, 3.8) is 0 Å². The molecule has 2 heterocycles. The third-order valence-corrected chi connectivity index (χ3v) is 5.51. The molecule has 1 aliphatic rings. The van der Waals surface area contributed by atoms with Crippen LogP contribution in [0.25, 0.3) is 11.1 Å². The second-order valence-electron chi connectivity index (χ2n) is 7.23. The summed E-state index contributed by atoms with van der Waals surface area (Å²) in [6, 6.07) is 15.2. The minimum atomic E-state index is -4.43. The summed E-state index contributed by atoms with van der Waals surface area (Å²) in [5, 5.41) is 0.603. The molecule has 1 aliphatic heterocycles. The van der Waals surface area contributed by atoms with Crippen molar-refractivity contribution in [3.8, 4) is 17.0 Å². The molecule has 0 N–H and O–H groups in total. The van der Waals surface area contributed by atoms with Crippen molar-refractivity contribution in [1.82, 2.24) is 4.98 Å². The third kappa shape index (κ3) is 4.66. The van der Waals surface area contributed by atoms with E-state index in [0.717, 1.165) is 35.4 Å². The van der Waals surface area contributed by atoms with Crippen molar-refractivity contribution in [1.29, 1.82) is 0 Å². The van der Waals surface area contributed by atoms with Crippen LogP contribution in [0.15, 0.2) is 60.8 Å². The summed E-state index contributed by atoms with van der Waals surface area (Å²) in [4.78, 5) is 17.5. The van der Waals surface area contributed by atoms with Gasteiger partial charge in [0, 0.05) is 47.1 Å². The van der Waals surface area contributed by atoms with Crippen LogP contribution in [0.2, 0.25) is 5.02 Å². The summed E-state index contributed by atoms with van der Waals surface area (Å²) >= 11 is 6.27. The summed E-state index contributed by atoms with van der Waals surface area (Å²) in [6.07, 6.45) is -2.45. The Balaban J connectivity index is 1.47. The predicted octanol–water partition coefficient (Wildman–Crippen LogP) is 5.89. The summed E-state index contributed by atoms with van der Waals surface area (Å²) in [6.45, 7) is 1.15. The fourth-order valence-electron chi connectivity index (χ4n) is 3.63. The lowest BCUT2D eigenvalue weighted by Crippen LogP contribution is -2.25. The van der Waals surface area contributed by atoms with Crippen molar-refractivity contribution < 1.29 is 22.7 Å². The van der Waals surface area contributed by atoms with E-state index in [1.165, 1.54) is 6.07 Å². The van der Waals surface area contributed by atoms with Gasteiger partial charge in [0.25, 0.3) is 0 Å². The molecule has 1 aromatic heterocycles. The highest BCUT2D eigenvalue weighted by Crippen LogP contribution is 2.33. The van der Waals surface area contributed by atoms with E-state index in [-0.39, 0.29) is 12.0 Å². The van der Waals surface area contributed by atoms with Gasteiger partial charge in [-0.15, -0.1) is 0 Å². The van der Waals surface area contributed by atoms with E-state index in [1.54, 1.807) is 12.1 Å². The van der Waals surface area contributed by atoms with E-state index in [0.29, 0.717) is 30.1 Å². The number of nitrogens with zero attached hydrogens (tertiary/aromatic N) is 2. The van der Waals surface area contributed by atoms with Crippen LogP contribution in [0, 0.1) is 0 Å². The molecular weight excluding hydrogens is 429 g/mol. The number of ether oxygens (including phenoxy) is 1. The number of hydrogen-bond acceptors (Lipinski definition) is 4. The van der Waals surface area contributed by atoms with E-state index in [2.05, 4.69) is 4.98 Å². The summed E-state index contributed by atoms with van der Waals surface area (Å²) < 4.78 is 43.8. The second-order valence-corrected chi connectivity index (χ2v) is 7.64. The van der Waals surface area contributed by atoms with Crippen molar-refractivity contribution >= 4 is 23.6 Å². The van der Waals surface area contributed by atoms with Gasteiger partial charge in [0.1, 0.15) is 6.10 Å². The Morgan fingerprint density at radius 3 is 2.61 bits per heavy atom. The third-order valence-electron chi connectivity index (χ3n) is 5.18. The van der Waals surface area contributed by atoms with Gasteiger partial charge in [-0.05, 0) is 29.8 Å². The number of benzene rings is 2. The monoisotopic (exact) mass is 446 g/mol. The number of pyridine rings is 1. The van der Waals surface area contributed by atoms with Crippen LogP contribution in [0.1, 0.15) is 22.3 Å². The largest absolute Gasteiger partial charge is 0.472 e. The molecule has 1 unspecified atom stereocenters. The van der Waals surface area contributed by atoms with Crippen LogP contribution in [0.5, 0.6) is 5.88 Å². The van der Waals surface area contributed by atoms with Gasteiger partial charge in [0.2, 0.25) is 5.88 Å². The second kappa shape index (κ2) is 8.59. The van der Waals surface area contributed by atoms with Gasteiger partial charge in [-0.2, -0.15) is 13.2 Å². The van der Waals surface area contributed by atoms with Crippen molar-refractivity contribution in [2.45, 2.75) is 18.7 Å². The molecule has 8 heteroatoms. The first kappa shape index (κ1) is 21.2. The molecule has 3 aromatic rings. The van der Waals surface area contributed by atoms with Gasteiger partial charge in [0.05, 0.1) is 12.1 Å². The number of carbonyl (C=O) groups excluding carboxylic acids is 1. The van der Waals surface area contributed by atoms with E-state index >= 15 is 0 Å². The van der Waals surface area contributed by atoms with Crippen LogP contribution in [-0.4, -0.2) is 30.5 Å². The highest BCUT2D eigenvalue weighted by molar-refractivity contribution is 6.33. The minimum absolute atomic E-state index is 0.143. The van der Waals surface area contributed by atoms with Gasteiger partial charge in [0.15, 0.2) is 6.29 Å². The van der Waals surface area contributed by atoms with Crippen LogP contribution >= 0.6 is 11.6 Å². The number of alkyl halides is 3. The lowest BCUT2D eigenvalue weighted by molar-refractivity contribution is -0.137. The molecule has 31 heavy (non-hydrogen) atoms. The molecule has 1 saturated heterocycles. The first-order valence-corrected chi connectivity index (χ1v) is 10.0. The van der Waals surface area contributed by atoms with E-state index in [4.69, 9.17) is 16.3 Å². The first-order chi connectivity index (χ1) is 14.8. The zero-order valence-corrected chi connectivity index (χ0v) is 17.0. The lowest BCUT2D eigenvalue weighted by Gasteiger charge is -2.21. The number of anilines is 1. The molecule has 1 fully saturated rings. The Bertz CT molecular complexity index is 1090. The zero-order valence-electron chi connectivity index (χ0n) is 16.3. The summed E-state index contributed by atoms with van der Waals surface area (Å²) in [5.41, 5.74) is 2.18. The smallest absolute Gasteiger partial charge is 0.417 e. The number of aldehydes is 1. The molecule has 1 atom stereocenters. The SMILES string of the molecule is O=Cc1cc(-c2ccccc2Cl)ccc1N1CCC(Oc2ccc(C(F)(F)F)cn2)C1. The number of halogens is 4. The van der Waals surface area contributed by atoms with Gasteiger partial charge < -0.3 is 9.64 Å². The molecule has 0 radical (unpaired) electrons. The quantitative estimate of drug-likeness (QED) is 0.458. The number of aromatic nitrogens is 1. The molecule has 0 bridgehead atoms. The van der Waals surface area contributed by atoms with Crippen molar-refractivity contribution in [2.24, 2.45) is 0 Å². The van der Waals surface area contributed by atoms with Crippen molar-refractivity contribution in [3.05, 3.63) is 76.9 Å². The average Bonchev–Trinajstić information content (AvgIpc) is 3.21. The fourth-order valence-corrected chi connectivity index (χ4v) is 3.88. The average molecular weight is 447 g/mol. The standard InChI is InChI=1S/C23H18ClF3N2O2/c24-20-4-2-1-3-19(20)15-5-7-21(16(11-15)14-30)29-10-9-18(13-29)31-22-8-6-17(12-28-22)23(25,26)27/h1-8,11-12,14,18H,9-10,13H2. The van der Waals surface area contributed by atoms with Crippen LogP contribution in [0.4, 0.5) is 18.9 Å². The highest BCUT2D eigenvalue weighted by atomic mass is 35.5. The van der Waals surface area contributed by atoms with Gasteiger partial charge >= 0.3 is 6.18 Å². The van der Waals surface area contributed by atoms with E-state index in [1.807, 2.05) is 35.2 Å². The van der Waals surface area contributed by atoms with E-state index < -0.39 is 11.7 Å². The maximum absolute atomic E-state index is 12.7. The van der Waals surface area contributed by atoms with Crippen LogP contribution < -0.4 is 9.64 Å². The molecule has 0 amide bonds. The van der Waals surface area contributed by atoms with E-state index in [9.17, 15) is 18.0 Å². The van der Waals surface area contributed by atoms with Crippen LogP contribution in [-0.2, 0) is 6.18 Å². The Labute approximate surface area is 182 Å². The van der Waals surface area contributed by atoms with Gasteiger partial charge in [-0.25, -0.2) is 4.98 Å². The fraction of sp³-hybridized carbons (Fsp3) is 0.217. The molecule has 0 aliphatic carbocycles. The Hall–Kier alpha value is -3.06. The molecule has 2 aromatic carbocycles.